The van der Waals surface area contributed by atoms with Crippen LogP contribution in [0.1, 0.15) is 59.8 Å². The quantitative estimate of drug-likeness (QED) is 0.411. The predicted molar refractivity (Wildman–Crippen MR) is 75.6 cm³/mol. The number of carbonyl (C=O) groups excluding carboxylic acids is 1. The Hall–Kier alpha value is -0.700. The average molecular weight is 258 g/mol. The Morgan fingerprint density at radius 1 is 1.22 bits per heavy atom. The number of aliphatic imine (C=N–C) groups is 1. The molecule has 0 saturated carbocycles. The summed E-state index contributed by atoms with van der Waals surface area (Å²) >= 11 is 0. The largest absolute Gasteiger partial charge is 0.314 e. The number of isocyanates is 1. The molecular weight excluding hydrogens is 228 g/mol. The third-order valence-corrected chi connectivity index (χ3v) is 2.86. The van der Waals surface area contributed by atoms with Crippen molar-refractivity contribution >= 4 is 6.08 Å². The molecule has 0 saturated heterocycles. The Kier molecular flexibility index (Phi) is 15.7. The third kappa shape index (κ3) is 15.3. The smallest absolute Gasteiger partial charge is 0.234 e. The summed E-state index contributed by atoms with van der Waals surface area (Å²) in [6, 6.07) is 0.310. The van der Waals surface area contributed by atoms with E-state index in [4.69, 9.17) is 5.21 Å². The molecule has 0 spiro atoms. The lowest BCUT2D eigenvalue weighted by Crippen LogP contribution is -2.24. The van der Waals surface area contributed by atoms with Crippen LogP contribution in [0.2, 0.25) is 0 Å². The van der Waals surface area contributed by atoms with Gasteiger partial charge in [-0.15, -0.1) is 0 Å². The predicted octanol–water partition coefficient (Wildman–Crippen LogP) is 3.64. The van der Waals surface area contributed by atoms with Crippen LogP contribution in [0, 0.1) is 5.92 Å². The number of nitrogens with zero attached hydrogens (tertiary/aromatic N) is 2. The molecule has 18 heavy (non-hydrogen) atoms. The molecule has 0 fully saturated rings. The molecule has 0 radical (unpaired) electrons. The summed E-state index contributed by atoms with van der Waals surface area (Å²) in [7, 11) is 1.69. The first-order valence-corrected chi connectivity index (χ1v) is 6.94. The van der Waals surface area contributed by atoms with Gasteiger partial charge in [-0.3, -0.25) is 0 Å². The van der Waals surface area contributed by atoms with E-state index in [0.29, 0.717) is 18.5 Å². The van der Waals surface area contributed by atoms with Crippen LogP contribution in [0.5, 0.6) is 0 Å². The zero-order chi connectivity index (χ0) is 14.4. The highest BCUT2D eigenvalue weighted by Crippen LogP contribution is 2.04. The lowest BCUT2D eigenvalue weighted by molar-refractivity contribution is -0.0989. The monoisotopic (exact) mass is 258 g/mol. The molecule has 0 aromatic carbocycles. The second-order valence-electron chi connectivity index (χ2n) is 4.89. The van der Waals surface area contributed by atoms with Crippen molar-refractivity contribution < 1.29 is 10.0 Å². The molecule has 108 valence electrons. The van der Waals surface area contributed by atoms with Crippen LogP contribution in [-0.4, -0.2) is 36.0 Å². The molecule has 2 unspecified atom stereocenters. The molecular formula is C14H30N2O2. The second kappa shape index (κ2) is 14.4. The van der Waals surface area contributed by atoms with Crippen LogP contribution in [0.4, 0.5) is 0 Å². The van der Waals surface area contributed by atoms with Crippen molar-refractivity contribution in [1.82, 2.24) is 5.06 Å². The van der Waals surface area contributed by atoms with E-state index in [1.807, 2.05) is 6.92 Å². The van der Waals surface area contributed by atoms with Gasteiger partial charge in [0.25, 0.3) is 0 Å². The molecule has 0 bridgehead atoms. The molecule has 4 heteroatoms. The molecule has 0 aliphatic rings. The van der Waals surface area contributed by atoms with Crippen LogP contribution < -0.4 is 0 Å². The van der Waals surface area contributed by atoms with Crippen LogP contribution >= 0.6 is 0 Å². The molecule has 0 rings (SSSR count). The van der Waals surface area contributed by atoms with Crippen LogP contribution in [0.25, 0.3) is 0 Å². The second-order valence-corrected chi connectivity index (χ2v) is 4.89. The number of hydrogen-bond acceptors (Lipinski definition) is 4. The van der Waals surface area contributed by atoms with Gasteiger partial charge in [0.1, 0.15) is 0 Å². The van der Waals surface area contributed by atoms with E-state index in [2.05, 4.69) is 25.8 Å². The highest BCUT2D eigenvalue weighted by Gasteiger charge is 2.03. The van der Waals surface area contributed by atoms with Gasteiger partial charge in [-0.2, -0.15) is 5.06 Å². The zero-order valence-electron chi connectivity index (χ0n) is 12.6. The first kappa shape index (κ1) is 19.6. The van der Waals surface area contributed by atoms with Gasteiger partial charge < -0.3 is 5.21 Å². The Bertz CT molecular complexity index is 214. The minimum atomic E-state index is 0.310. The first-order chi connectivity index (χ1) is 8.49. The molecule has 0 amide bonds. The molecule has 1 N–H and O–H groups in total. The van der Waals surface area contributed by atoms with Crippen molar-refractivity contribution in [2.45, 2.75) is 65.8 Å². The van der Waals surface area contributed by atoms with Crippen molar-refractivity contribution in [2.24, 2.45) is 10.9 Å². The Morgan fingerprint density at radius 3 is 2.22 bits per heavy atom. The standard InChI is InChI=1S/C7H17NO.C7H13NO/c1-4-5-6-7(2)8(3)9;1-3-4-7(2)5-8-6-9/h7,9H,4-6H2,1-3H3;7H,3-5H2,1-2H3. The van der Waals surface area contributed by atoms with Crippen molar-refractivity contribution in [3.05, 3.63) is 0 Å². The van der Waals surface area contributed by atoms with E-state index in [0.717, 1.165) is 19.3 Å². The third-order valence-electron chi connectivity index (χ3n) is 2.86. The summed E-state index contributed by atoms with van der Waals surface area (Å²) in [5.41, 5.74) is 0. The molecule has 0 heterocycles. The molecule has 0 aromatic heterocycles. The molecule has 2 atom stereocenters. The summed E-state index contributed by atoms with van der Waals surface area (Å²) in [5.74, 6) is 0.538. The highest BCUT2D eigenvalue weighted by molar-refractivity contribution is 5.32. The summed E-state index contributed by atoms with van der Waals surface area (Å²) < 4.78 is 0. The highest BCUT2D eigenvalue weighted by atomic mass is 16.5. The molecule has 4 nitrogen and oxygen atoms in total. The van der Waals surface area contributed by atoms with E-state index >= 15 is 0 Å². The zero-order valence-corrected chi connectivity index (χ0v) is 12.6. The van der Waals surface area contributed by atoms with Crippen molar-refractivity contribution in [1.29, 1.82) is 0 Å². The van der Waals surface area contributed by atoms with Crippen molar-refractivity contribution in [2.75, 3.05) is 13.6 Å². The van der Waals surface area contributed by atoms with Crippen LogP contribution in [0.15, 0.2) is 4.99 Å². The van der Waals surface area contributed by atoms with Gasteiger partial charge in [-0.25, -0.2) is 9.79 Å². The van der Waals surface area contributed by atoms with Gasteiger partial charge >= 0.3 is 0 Å². The van der Waals surface area contributed by atoms with Gasteiger partial charge in [0.05, 0.1) is 6.54 Å². The Labute approximate surface area is 112 Å². The normalized spacial score (nSPS) is 13.3. The number of unbranched alkanes of at least 4 members (excludes halogenated alkanes) is 1. The number of hydrogen-bond donors (Lipinski definition) is 1. The fraction of sp³-hybridized carbons (Fsp3) is 0.929. The van der Waals surface area contributed by atoms with Gasteiger partial charge in [0, 0.05) is 13.1 Å². The Morgan fingerprint density at radius 2 is 1.83 bits per heavy atom. The fourth-order valence-electron chi connectivity index (χ4n) is 1.46. The first-order valence-electron chi connectivity index (χ1n) is 6.94. The topological polar surface area (TPSA) is 52.9 Å². The summed E-state index contributed by atoms with van der Waals surface area (Å²) in [6.07, 6.45) is 7.33. The van der Waals surface area contributed by atoms with E-state index in [-0.39, 0.29) is 0 Å². The van der Waals surface area contributed by atoms with E-state index < -0.39 is 0 Å². The minimum absolute atomic E-state index is 0.310. The van der Waals surface area contributed by atoms with Gasteiger partial charge in [-0.1, -0.05) is 40.0 Å². The SMILES string of the molecule is CCCC(C)CN=C=O.CCCCC(C)N(C)O. The molecule has 0 aliphatic heterocycles. The van der Waals surface area contributed by atoms with Gasteiger partial charge in [0.15, 0.2) is 0 Å². The number of hydroxylamine groups is 2. The maximum absolute atomic E-state index is 9.62. The minimum Gasteiger partial charge on any atom is -0.314 e. The summed E-state index contributed by atoms with van der Waals surface area (Å²) in [6.45, 7) is 9.03. The van der Waals surface area contributed by atoms with Crippen molar-refractivity contribution in [3.8, 4) is 0 Å². The van der Waals surface area contributed by atoms with Crippen LogP contribution in [0.3, 0.4) is 0 Å². The van der Waals surface area contributed by atoms with E-state index in [1.54, 1.807) is 7.05 Å². The average Bonchev–Trinajstić information content (AvgIpc) is 2.34. The maximum Gasteiger partial charge on any atom is 0.234 e. The number of rotatable bonds is 8. The van der Waals surface area contributed by atoms with Gasteiger partial charge in [0.2, 0.25) is 6.08 Å². The van der Waals surface area contributed by atoms with Crippen LogP contribution in [-0.2, 0) is 4.79 Å². The van der Waals surface area contributed by atoms with Gasteiger partial charge in [-0.05, 0) is 25.7 Å². The molecule has 0 aromatic rings. The lowest BCUT2D eigenvalue weighted by Gasteiger charge is -2.16. The molecule has 0 aliphatic carbocycles. The Balaban J connectivity index is 0. The lowest BCUT2D eigenvalue weighted by atomic mass is 10.1. The summed E-state index contributed by atoms with van der Waals surface area (Å²) in [4.78, 5) is 13.1. The van der Waals surface area contributed by atoms with E-state index in [9.17, 15) is 4.79 Å². The maximum atomic E-state index is 9.62. The fourth-order valence-corrected chi connectivity index (χ4v) is 1.46. The van der Waals surface area contributed by atoms with Crippen molar-refractivity contribution in [3.63, 3.8) is 0 Å². The van der Waals surface area contributed by atoms with E-state index in [1.165, 1.54) is 24.0 Å². The summed E-state index contributed by atoms with van der Waals surface area (Å²) in [5, 5.41) is 10.2.